The number of rotatable bonds is 4. The summed E-state index contributed by atoms with van der Waals surface area (Å²) in [6.45, 7) is 4.83. The van der Waals surface area contributed by atoms with E-state index in [0.717, 1.165) is 25.9 Å². The molecule has 116 valence electrons. The topological polar surface area (TPSA) is 63.7 Å². The Labute approximate surface area is 129 Å². The van der Waals surface area contributed by atoms with E-state index in [1.807, 2.05) is 0 Å². The van der Waals surface area contributed by atoms with Crippen LogP contribution in [0.25, 0.3) is 0 Å². The van der Waals surface area contributed by atoms with Gasteiger partial charge in [-0.2, -0.15) is 0 Å². The second-order valence-electron chi connectivity index (χ2n) is 5.20. The molecule has 21 heavy (non-hydrogen) atoms. The molecule has 0 N–H and O–H groups in total. The Morgan fingerprint density at radius 1 is 1.24 bits per heavy atom. The van der Waals surface area contributed by atoms with Crippen LogP contribution < -0.4 is 4.74 Å². The third-order valence-electron chi connectivity index (χ3n) is 3.50. The molecule has 1 amide bonds. The highest BCUT2D eigenvalue weighted by atomic mass is 35.7. The molecular formula is C14H18ClNO4S. The summed E-state index contributed by atoms with van der Waals surface area (Å²) < 4.78 is 28.5. The number of carbonyl (C=O) groups excluding carboxylic acids is 1. The molecule has 0 bridgehead atoms. The van der Waals surface area contributed by atoms with Crippen molar-refractivity contribution in [1.82, 2.24) is 4.90 Å². The molecule has 0 aromatic heterocycles. The molecular weight excluding hydrogens is 314 g/mol. The van der Waals surface area contributed by atoms with E-state index >= 15 is 0 Å². The minimum Gasteiger partial charge on any atom is -0.484 e. The zero-order valence-corrected chi connectivity index (χ0v) is 13.6. The van der Waals surface area contributed by atoms with Crippen LogP contribution in [0.1, 0.15) is 24.0 Å². The molecule has 0 radical (unpaired) electrons. The van der Waals surface area contributed by atoms with Gasteiger partial charge in [-0.3, -0.25) is 4.79 Å². The number of hydrogen-bond acceptors (Lipinski definition) is 4. The zero-order valence-electron chi connectivity index (χ0n) is 12.1. The number of carbonyl (C=O) groups is 1. The number of aryl methyl sites for hydroxylation is 2. The van der Waals surface area contributed by atoms with Crippen molar-refractivity contribution in [2.45, 2.75) is 31.6 Å². The van der Waals surface area contributed by atoms with Crippen LogP contribution >= 0.6 is 10.7 Å². The summed E-state index contributed by atoms with van der Waals surface area (Å²) in [6.07, 6.45) is 2.07. The van der Waals surface area contributed by atoms with Crippen molar-refractivity contribution in [2.75, 3.05) is 19.7 Å². The van der Waals surface area contributed by atoms with Crippen molar-refractivity contribution in [3.8, 4) is 5.75 Å². The van der Waals surface area contributed by atoms with E-state index in [9.17, 15) is 13.2 Å². The fourth-order valence-corrected chi connectivity index (χ4v) is 4.20. The first-order valence-corrected chi connectivity index (χ1v) is 9.06. The average molecular weight is 332 g/mol. The lowest BCUT2D eigenvalue weighted by atomic mass is 10.1. The molecule has 1 aliphatic rings. The Morgan fingerprint density at radius 2 is 1.76 bits per heavy atom. The lowest BCUT2D eigenvalue weighted by molar-refractivity contribution is -0.132. The highest BCUT2D eigenvalue weighted by molar-refractivity contribution is 8.13. The van der Waals surface area contributed by atoms with E-state index < -0.39 is 9.05 Å². The van der Waals surface area contributed by atoms with Crippen molar-refractivity contribution in [1.29, 1.82) is 0 Å². The van der Waals surface area contributed by atoms with Gasteiger partial charge < -0.3 is 9.64 Å². The second-order valence-corrected chi connectivity index (χ2v) is 7.70. The highest BCUT2D eigenvalue weighted by Gasteiger charge is 2.20. The minimum absolute atomic E-state index is 0.0359. The summed E-state index contributed by atoms with van der Waals surface area (Å²) in [5.74, 6) is 0.429. The van der Waals surface area contributed by atoms with Gasteiger partial charge in [0, 0.05) is 23.8 Å². The van der Waals surface area contributed by atoms with Crippen LogP contribution in [-0.2, 0) is 13.8 Å². The van der Waals surface area contributed by atoms with Crippen LogP contribution in [0.15, 0.2) is 17.0 Å². The molecule has 1 saturated heterocycles. The standard InChI is InChI=1S/C14H18ClNO4S/c1-10-7-12(8-11(2)14(10)21(15,18)19)20-9-13(17)16-5-3-4-6-16/h7-8H,3-6,9H2,1-2H3. The second kappa shape index (κ2) is 6.23. The fourth-order valence-electron chi connectivity index (χ4n) is 2.58. The number of likely N-dealkylation sites (tertiary alicyclic amines) is 1. The van der Waals surface area contributed by atoms with Gasteiger partial charge in [-0.25, -0.2) is 8.42 Å². The molecule has 7 heteroatoms. The zero-order chi connectivity index (χ0) is 15.6. The number of ether oxygens (including phenoxy) is 1. The van der Waals surface area contributed by atoms with Crippen molar-refractivity contribution in [3.05, 3.63) is 23.3 Å². The summed E-state index contributed by atoms with van der Waals surface area (Å²) in [6, 6.07) is 3.17. The lowest BCUT2D eigenvalue weighted by Gasteiger charge is -2.16. The van der Waals surface area contributed by atoms with Crippen molar-refractivity contribution in [3.63, 3.8) is 0 Å². The van der Waals surface area contributed by atoms with Gasteiger partial charge in [-0.1, -0.05) is 0 Å². The van der Waals surface area contributed by atoms with Crippen molar-refractivity contribution >= 4 is 25.6 Å². The van der Waals surface area contributed by atoms with E-state index in [1.165, 1.54) is 0 Å². The van der Waals surface area contributed by atoms with Gasteiger partial charge in [0.05, 0.1) is 4.90 Å². The first-order valence-electron chi connectivity index (χ1n) is 6.75. The van der Waals surface area contributed by atoms with Crippen LogP contribution in [0, 0.1) is 13.8 Å². The summed E-state index contributed by atoms with van der Waals surface area (Å²) in [5.41, 5.74) is 1.02. The van der Waals surface area contributed by atoms with Gasteiger partial charge in [0.1, 0.15) is 5.75 Å². The number of halogens is 1. The smallest absolute Gasteiger partial charge is 0.261 e. The normalized spacial score (nSPS) is 15.3. The maximum Gasteiger partial charge on any atom is 0.261 e. The van der Waals surface area contributed by atoms with E-state index in [1.54, 1.807) is 30.9 Å². The minimum atomic E-state index is -3.78. The molecule has 1 aliphatic heterocycles. The molecule has 0 spiro atoms. The molecule has 0 aliphatic carbocycles. The number of nitrogens with zero attached hydrogens (tertiary/aromatic N) is 1. The number of amides is 1. The highest BCUT2D eigenvalue weighted by Crippen LogP contribution is 2.28. The van der Waals surface area contributed by atoms with Crippen LogP contribution in [0.5, 0.6) is 5.75 Å². The predicted octanol–water partition coefficient (Wildman–Crippen LogP) is 2.23. The largest absolute Gasteiger partial charge is 0.484 e. The average Bonchev–Trinajstić information content (AvgIpc) is 2.87. The molecule has 0 unspecified atom stereocenters. The molecule has 1 aromatic rings. The van der Waals surface area contributed by atoms with Crippen LogP contribution in [0.2, 0.25) is 0 Å². The van der Waals surface area contributed by atoms with Crippen molar-refractivity contribution < 1.29 is 17.9 Å². The number of benzene rings is 1. The third kappa shape index (κ3) is 3.89. The Balaban J connectivity index is 2.10. The summed E-state index contributed by atoms with van der Waals surface area (Å²) >= 11 is 0. The predicted molar refractivity (Wildman–Crippen MR) is 80.3 cm³/mol. The lowest BCUT2D eigenvalue weighted by Crippen LogP contribution is -2.32. The summed E-state index contributed by atoms with van der Waals surface area (Å²) in [4.78, 5) is 13.8. The van der Waals surface area contributed by atoms with E-state index in [-0.39, 0.29) is 17.4 Å². The first-order chi connectivity index (χ1) is 9.79. The van der Waals surface area contributed by atoms with Gasteiger partial charge >= 0.3 is 0 Å². The van der Waals surface area contributed by atoms with E-state index in [0.29, 0.717) is 16.9 Å². The first kappa shape index (κ1) is 16.1. The third-order valence-corrected chi connectivity index (χ3v) is 5.09. The Morgan fingerprint density at radius 3 is 2.24 bits per heavy atom. The van der Waals surface area contributed by atoms with Crippen LogP contribution in [0.3, 0.4) is 0 Å². The maximum absolute atomic E-state index is 11.9. The molecule has 0 atom stereocenters. The van der Waals surface area contributed by atoms with Crippen LogP contribution in [0.4, 0.5) is 0 Å². The van der Waals surface area contributed by atoms with Gasteiger partial charge in [0.25, 0.3) is 15.0 Å². The van der Waals surface area contributed by atoms with Gasteiger partial charge in [0.15, 0.2) is 6.61 Å². The fraction of sp³-hybridized carbons (Fsp3) is 0.500. The van der Waals surface area contributed by atoms with Gasteiger partial charge in [0.2, 0.25) is 0 Å². The molecule has 0 saturated carbocycles. The Kier molecular flexibility index (Phi) is 4.78. The summed E-state index contributed by atoms with van der Waals surface area (Å²) in [5, 5.41) is 0. The Bertz CT molecular complexity index is 628. The molecule has 5 nitrogen and oxygen atoms in total. The molecule has 1 fully saturated rings. The molecule has 1 heterocycles. The van der Waals surface area contributed by atoms with Gasteiger partial charge in [-0.15, -0.1) is 0 Å². The molecule has 1 aromatic carbocycles. The van der Waals surface area contributed by atoms with Gasteiger partial charge in [-0.05, 0) is 49.9 Å². The van der Waals surface area contributed by atoms with Crippen LogP contribution in [-0.4, -0.2) is 38.9 Å². The monoisotopic (exact) mass is 331 g/mol. The SMILES string of the molecule is Cc1cc(OCC(=O)N2CCCC2)cc(C)c1S(=O)(=O)Cl. The quantitative estimate of drug-likeness (QED) is 0.794. The number of hydrogen-bond donors (Lipinski definition) is 0. The summed E-state index contributed by atoms with van der Waals surface area (Å²) in [7, 11) is 1.62. The maximum atomic E-state index is 11.9. The van der Waals surface area contributed by atoms with E-state index in [4.69, 9.17) is 15.4 Å². The molecule has 2 rings (SSSR count). The Hall–Kier alpha value is -1.27. The van der Waals surface area contributed by atoms with Crippen molar-refractivity contribution in [2.24, 2.45) is 0 Å². The van der Waals surface area contributed by atoms with E-state index in [2.05, 4.69) is 0 Å².